The molecule has 0 saturated heterocycles. The first-order chi connectivity index (χ1) is 16.9. The molecule has 4 N–H and O–H groups in total. The number of aromatic nitrogens is 1. The Kier molecular flexibility index (Phi) is 6.79. The van der Waals surface area contributed by atoms with Gasteiger partial charge in [0.15, 0.2) is 11.5 Å². The Labute approximate surface area is 206 Å². The number of methoxy groups -OCH3 is 1. The van der Waals surface area contributed by atoms with Crippen molar-refractivity contribution in [1.29, 1.82) is 0 Å². The fraction of sp³-hybridized carbons (Fsp3) is 0.0385. The topological polar surface area (TPSA) is 123 Å². The van der Waals surface area contributed by atoms with Gasteiger partial charge in [-0.05, 0) is 47.2 Å². The van der Waals surface area contributed by atoms with E-state index < -0.39 is 17.8 Å². The SMILES string of the molecule is COC(=O)c1ccc(NC(=O)c2ccc3ccccc3c2)c(NC(=O)c2ccc(C(N)=S)cc2)n1. The Bertz CT molecular complexity index is 1470. The standard InChI is InChI=1S/C26H20N4O4S/c1-34-26(33)21-13-12-20(29-25(32)19-11-6-15-4-2-3-5-18(15)14-19)23(28-21)30-24(31)17-9-7-16(8-10-17)22(27)35/h2-14H,1H3,(H2,27,35)(H,29,32)(H,28,30,31). The van der Waals surface area contributed by atoms with Crippen LogP contribution >= 0.6 is 12.2 Å². The van der Waals surface area contributed by atoms with Gasteiger partial charge in [-0.3, -0.25) is 9.59 Å². The molecule has 0 aliphatic carbocycles. The summed E-state index contributed by atoms with van der Waals surface area (Å²) < 4.78 is 4.72. The lowest BCUT2D eigenvalue weighted by Crippen LogP contribution is -2.19. The predicted molar refractivity (Wildman–Crippen MR) is 138 cm³/mol. The number of carbonyl (C=O) groups excluding carboxylic acids is 3. The van der Waals surface area contributed by atoms with E-state index >= 15 is 0 Å². The maximum Gasteiger partial charge on any atom is 0.356 e. The van der Waals surface area contributed by atoms with Crippen LogP contribution in [0.1, 0.15) is 36.8 Å². The quantitative estimate of drug-likeness (QED) is 0.277. The second-order valence-corrected chi connectivity index (χ2v) is 7.94. The Balaban J connectivity index is 1.63. The molecule has 0 bridgehead atoms. The van der Waals surface area contributed by atoms with Gasteiger partial charge in [0.25, 0.3) is 11.8 Å². The molecule has 0 saturated carbocycles. The number of pyridine rings is 1. The lowest BCUT2D eigenvalue weighted by molar-refractivity contribution is 0.0594. The number of ether oxygens (including phenoxy) is 1. The van der Waals surface area contributed by atoms with Crippen molar-refractivity contribution in [3.8, 4) is 0 Å². The van der Waals surface area contributed by atoms with Crippen molar-refractivity contribution >= 4 is 57.3 Å². The number of hydrogen-bond donors (Lipinski definition) is 3. The molecule has 0 radical (unpaired) electrons. The van der Waals surface area contributed by atoms with Crippen LogP contribution in [-0.2, 0) is 4.74 Å². The Morgan fingerprint density at radius 1 is 0.800 bits per heavy atom. The van der Waals surface area contributed by atoms with Crippen molar-refractivity contribution in [2.45, 2.75) is 0 Å². The molecule has 4 rings (SSSR count). The highest BCUT2D eigenvalue weighted by atomic mass is 32.1. The van der Waals surface area contributed by atoms with Crippen LogP contribution in [0, 0.1) is 0 Å². The van der Waals surface area contributed by atoms with E-state index in [-0.39, 0.29) is 22.2 Å². The van der Waals surface area contributed by atoms with Gasteiger partial charge >= 0.3 is 5.97 Å². The molecular weight excluding hydrogens is 464 g/mol. The number of amides is 2. The number of nitrogens with zero attached hydrogens (tertiary/aromatic N) is 1. The summed E-state index contributed by atoms with van der Waals surface area (Å²) in [7, 11) is 1.22. The molecule has 0 unspecified atom stereocenters. The zero-order valence-corrected chi connectivity index (χ0v) is 19.4. The van der Waals surface area contributed by atoms with Gasteiger partial charge in [0.1, 0.15) is 4.99 Å². The molecular formula is C26H20N4O4S. The number of benzene rings is 3. The number of fused-ring (bicyclic) bond motifs is 1. The molecule has 0 aliphatic heterocycles. The molecule has 0 spiro atoms. The average Bonchev–Trinajstić information content (AvgIpc) is 2.88. The average molecular weight is 485 g/mol. The smallest absolute Gasteiger partial charge is 0.356 e. The molecule has 9 heteroatoms. The number of carbonyl (C=O) groups is 3. The number of anilines is 2. The fourth-order valence-corrected chi connectivity index (χ4v) is 3.50. The first-order valence-corrected chi connectivity index (χ1v) is 10.9. The van der Waals surface area contributed by atoms with Crippen LogP contribution in [0.3, 0.4) is 0 Å². The number of rotatable bonds is 6. The highest BCUT2D eigenvalue weighted by Crippen LogP contribution is 2.23. The van der Waals surface area contributed by atoms with E-state index in [1.807, 2.05) is 30.3 Å². The van der Waals surface area contributed by atoms with Gasteiger partial charge in [0, 0.05) is 16.7 Å². The van der Waals surface area contributed by atoms with E-state index in [9.17, 15) is 14.4 Å². The summed E-state index contributed by atoms with van der Waals surface area (Å²) in [6.45, 7) is 0. The van der Waals surface area contributed by atoms with Crippen LogP contribution in [0.2, 0.25) is 0 Å². The van der Waals surface area contributed by atoms with Gasteiger partial charge in [-0.2, -0.15) is 0 Å². The number of hydrogen-bond acceptors (Lipinski definition) is 6. The first-order valence-electron chi connectivity index (χ1n) is 10.5. The normalized spacial score (nSPS) is 10.4. The molecule has 3 aromatic carbocycles. The Hall–Kier alpha value is -4.63. The van der Waals surface area contributed by atoms with Gasteiger partial charge in [-0.25, -0.2) is 9.78 Å². The molecule has 1 heterocycles. The zero-order valence-electron chi connectivity index (χ0n) is 18.6. The van der Waals surface area contributed by atoms with Crippen LogP contribution < -0.4 is 16.4 Å². The summed E-state index contributed by atoms with van der Waals surface area (Å²) in [5.74, 6) is -1.60. The molecule has 0 aliphatic rings. The van der Waals surface area contributed by atoms with Crippen molar-refractivity contribution in [3.05, 3.63) is 101 Å². The second kappa shape index (κ2) is 10.1. The van der Waals surface area contributed by atoms with Gasteiger partial charge in [-0.1, -0.05) is 54.7 Å². The lowest BCUT2D eigenvalue weighted by atomic mass is 10.1. The van der Waals surface area contributed by atoms with Crippen LogP contribution in [0.5, 0.6) is 0 Å². The van der Waals surface area contributed by atoms with Gasteiger partial charge in [0.2, 0.25) is 0 Å². The van der Waals surface area contributed by atoms with Crippen molar-refractivity contribution in [3.63, 3.8) is 0 Å². The summed E-state index contributed by atoms with van der Waals surface area (Å²) in [4.78, 5) is 42.2. The molecule has 0 fully saturated rings. The zero-order chi connectivity index (χ0) is 24.9. The van der Waals surface area contributed by atoms with E-state index in [2.05, 4.69) is 15.6 Å². The van der Waals surface area contributed by atoms with Crippen molar-refractivity contribution < 1.29 is 19.1 Å². The summed E-state index contributed by atoms with van der Waals surface area (Å²) in [6.07, 6.45) is 0. The number of nitrogens with one attached hydrogen (secondary N) is 2. The molecule has 1 aromatic heterocycles. The molecule has 4 aromatic rings. The molecule has 8 nitrogen and oxygen atoms in total. The van der Waals surface area contributed by atoms with E-state index in [0.717, 1.165) is 10.8 Å². The molecule has 2 amide bonds. The monoisotopic (exact) mass is 484 g/mol. The van der Waals surface area contributed by atoms with Crippen molar-refractivity contribution in [1.82, 2.24) is 4.98 Å². The van der Waals surface area contributed by atoms with Gasteiger partial charge in [-0.15, -0.1) is 0 Å². The number of esters is 1. The minimum Gasteiger partial charge on any atom is -0.464 e. The third-order valence-corrected chi connectivity index (χ3v) is 5.45. The van der Waals surface area contributed by atoms with Crippen LogP contribution in [-0.4, -0.2) is 34.9 Å². The van der Waals surface area contributed by atoms with Crippen LogP contribution in [0.15, 0.2) is 78.9 Å². The molecule has 0 atom stereocenters. The highest BCUT2D eigenvalue weighted by Gasteiger charge is 2.17. The third-order valence-electron chi connectivity index (χ3n) is 5.21. The van der Waals surface area contributed by atoms with Gasteiger partial charge < -0.3 is 21.1 Å². The summed E-state index contributed by atoms with van der Waals surface area (Å²) >= 11 is 4.93. The predicted octanol–water partition coefficient (Wildman–Crippen LogP) is 4.16. The van der Waals surface area contributed by atoms with E-state index in [1.165, 1.54) is 19.2 Å². The van der Waals surface area contributed by atoms with Crippen molar-refractivity contribution in [2.24, 2.45) is 5.73 Å². The van der Waals surface area contributed by atoms with Gasteiger partial charge in [0.05, 0.1) is 12.8 Å². The van der Waals surface area contributed by atoms with E-state index in [1.54, 1.807) is 36.4 Å². The maximum absolute atomic E-state index is 13.0. The first kappa shape index (κ1) is 23.5. The highest BCUT2D eigenvalue weighted by molar-refractivity contribution is 7.80. The number of thiocarbonyl (C=S) groups is 1. The molecule has 174 valence electrons. The van der Waals surface area contributed by atoms with Crippen LogP contribution in [0.25, 0.3) is 10.8 Å². The van der Waals surface area contributed by atoms with E-state index in [0.29, 0.717) is 16.7 Å². The van der Waals surface area contributed by atoms with Crippen LogP contribution in [0.4, 0.5) is 11.5 Å². The Morgan fingerprint density at radius 2 is 1.43 bits per heavy atom. The largest absolute Gasteiger partial charge is 0.464 e. The second-order valence-electron chi connectivity index (χ2n) is 7.50. The minimum absolute atomic E-state index is 0.00883. The molecule has 35 heavy (non-hydrogen) atoms. The fourth-order valence-electron chi connectivity index (χ4n) is 3.36. The number of nitrogens with two attached hydrogens (primary N) is 1. The Morgan fingerprint density at radius 3 is 2.11 bits per heavy atom. The maximum atomic E-state index is 13.0. The summed E-state index contributed by atoms with van der Waals surface area (Å²) in [5, 5.41) is 7.31. The van der Waals surface area contributed by atoms with E-state index in [4.69, 9.17) is 22.7 Å². The summed E-state index contributed by atoms with van der Waals surface area (Å²) in [6, 6.07) is 22.2. The van der Waals surface area contributed by atoms with Crippen molar-refractivity contribution in [2.75, 3.05) is 17.7 Å². The summed E-state index contributed by atoms with van der Waals surface area (Å²) in [5.41, 5.74) is 7.13. The lowest BCUT2D eigenvalue weighted by Gasteiger charge is -2.13. The minimum atomic E-state index is -0.686. The third kappa shape index (κ3) is 5.31.